The highest BCUT2D eigenvalue weighted by Gasteiger charge is 2.16. The van der Waals surface area contributed by atoms with Crippen molar-refractivity contribution < 1.29 is 19.3 Å². The Morgan fingerprint density at radius 2 is 1.68 bits per heavy atom. The number of aromatic hydroxyl groups is 1. The molecule has 0 spiro atoms. The number of aromatic amines is 1. The van der Waals surface area contributed by atoms with Crippen LogP contribution in [-0.4, -0.2) is 22.2 Å². The molecule has 1 aromatic heterocycles. The Hall–Kier alpha value is -4.26. The van der Waals surface area contributed by atoms with E-state index in [1.807, 2.05) is 36.4 Å². The first kappa shape index (κ1) is 20.0. The highest BCUT2D eigenvalue weighted by molar-refractivity contribution is 5.59. The number of rotatable bonds is 7. The van der Waals surface area contributed by atoms with Gasteiger partial charge in [0.15, 0.2) is 11.5 Å². The van der Waals surface area contributed by atoms with Gasteiger partial charge in [0.1, 0.15) is 18.2 Å². The van der Waals surface area contributed by atoms with Crippen LogP contribution in [0.25, 0.3) is 11.4 Å². The molecule has 0 aliphatic carbocycles. The molecular formula is C24H20N2O5. The first-order valence-electron chi connectivity index (χ1n) is 9.55. The fourth-order valence-electron chi connectivity index (χ4n) is 2.97. The molecule has 0 bridgehead atoms. The smallest absolute Gasteiger partial charge is 0.298 e. The van der Waals surface area contributed by atoms with Crippen LogP contribution in [0.1, 0.15) is 5.56 Å². The summed E-state index contributed by atoms with van der Waals surface area (Å²) < 4.78 is 16.6. The summed E-state index contributed by atoms with van der Waals surface area (Å²) in [6, 6.07) is 23.7. The van der Waals surface area contributed by atoms with Crippen molar-refractivity contribution in [1.29, 1.82) is 0 Å². The van der Waals surface area contributed by atoms with E-state index in [-0.39, 0.29) is 17.3 Å². The van der Waals surface area contributed by atoms with Gasteiger partial charge in [-0.2, -0.15) is 4.98 Å². The van der Waals surface area contributed by atoms with Gasteiger partial charge in [-0.05, 0) is 29.8 Å². The zero-order valence-electron chi connectivity index (χ0n) is 16.7. The predicted molar refractivity (Wildman–Crippen MR) is 116 cm³/mol. The van der Waals surface area contributed by atoms with E-state index in [0.29, 0.717) is 23.7 Å². The lowest BCUT2D eigenvalue weighted by Gasteiger charge is -2.11. The number of nitrogens with zero attached hydrogens (tertiary/aromatic N) is 1. The highest BCUT2D eigenvalue weighted by Crippen LogP contribution is 2.33. The molecule has 0 fully saturated rings. The molecule has 0 aliphatic rings. The fourth-order valence-corrected chi connectivity index (χ4v) is 2.97. The molecule has 0 unspecified atom stereocenters. The molecule has 2 N–H and O–H groups in total. The van der Waals surface area contributed by atoms with E-state index in [9.17, 15) is 9.90 Å². The monoisotopic (exact) mass is 416 g/mol. The third kappa shape index (κ3) is 4.67. The van der Waals surface area contributed by atoms with E-state index in [1.165, 1.54) is 7.11 Å². The lowest BCUT2D eigenvalue weighted by Crippen LogP contribution is -2.12. The van der Waals surface area contributed by atoms with Gasteiger partial charge in [-0.3, -0.25) is 4.79 Å². The number of aromatic nitrogens is 2. The molecule has 7 heteroatoms. The van der Waals surface area contributed by atoms with Gasteiger partial charge in [-0.25, -0.2) is 0 Å². The molecule has 4 rings (SSSR count). The summed E-state index contributed by atoms with van der Waals surface area (Å²) in [5.74, 6) is 0.674. The second-order valence-electron chi connectivity index (χ2n) is 6.62. The van der Waals surface area contributed by atoms with Crippen LogP contribution in [0.2, 0.25) is 0 Å². The van der Waals surface area contributed by atoms with E-state index in [0.717, 1.165) is 5.56 Å². The Morgan fingerprint density at radius 1 is 0.935 bits per heavy atom. The largest absolute Gasteiger partial charge is 0.493 e. The Balaban J connectivity index is 1.57. The van der Waals surface area contributed by atoms with E-state index >= 15 is 0 Å². The number of hydrogen-bond acceptors (Lipinski definition) is 6. The van der Waals surface area contributed by atoms with Crippen LogP contribution >= 0.6 is 0 Å². The Kier molecular flexibility index (Phi) is 5.84. The van der Waals surface area contributed by atoms with Crippen LogP contribution in [0, 0.1) is 0 Å². The van der Waals surface area contributed by atoms with Crippen molar-refractivity contribution in [3.05, 3.63) is 94.8 Å². The molecule has 1 heterocycles. The maximum Gasteiger partial charge on any atom is 0.298 e. The minimum Gasteiger partial charge on any atom is -0.493 e. The summed E-state index contributed by atoms with van der Waals surface area (Å²) in [7, 11) is 1.49. The number of hydrogen-bond donors (Lipinski definition) is 2. The summed E-state index contributed by atoms with van der Waals surface area (Å²) >= 11 is 0. The Labute approximate surface area is 178 Å². The molecule has 31 heavy (non-hydrogen) atoms. The van der Waals surface area contributed by atoms with Gasteiger partial charge in [0, 0.05) is 5.56 Å². The van der Waals surface area contributed by atoms with Crippen molar-refractivity contribution in [2.75, 3.05) is 7.11 Å². The van der Waals surface area contributed by atoms with Gasteiger partial charge in [-0.15, -0.1) is 0 Å². The Bertz CT molecular complexity index is 1240. The molecule has 0 saturated heterocycles. The standard InChI is InChI=1S/C24H20N2O5/c1-29-19-12-5-6-13-20(19)31-21-23(27)25-22(26-24(21)28)17-10-7-11-18(14-17)30-15-16-8-3-2-4-9-16/h2-14H,15H2,1H3,(H2,25,26,27,28). The van der Waals surface area contributed by atoms with Crippen molar-refractivity contribution in [2.45, 2.75) is 6.61 Å². The van der Waals surface area contributed by atoms with Crippen LogP contribution < -0.4 is 19.8 Å². The number of H-pyrrole nitrogens is 1. The summed E-state index contributed by atoms with van der Waals surface area (Å²) in [5, 5.41) is 10.4. The maximum absolute atomic E-state index is 12.6. The number of para-hydroxylation sites is 2. The second-order valence-corrected chi connectivity index (χ2v) is 6.62. The van der Waals surface area contributed by atoms with E-state index in [2.05, 4.69) is 9.97 Å². The van der Waals surface area contributed by atoms with Crippen LogP contribution in [0.5, 0.6) is 28.9 Å². The summed E-state index contributed by atoms with van der Waals surface area (Å²) in [5.41, 5.74) is 1.00. The average Bonchev–Trinajstić information content (AvgIpc) is 2.81. The van der Waals surface area contributed by atoms with E-state index in [1.54, 1.807) is 42.5 Å². The van der Waals surface area contributed by atoms with Crippen molar-refractivity contribution in [3.63, 3.8) is 0 Å². The highest BCUT2D eigenvalue weighted by atomic mass is 16.5. The molecule has 0 aliphatic heterocycles. The average molecular weight is 416 g/mol. The van der Waals surface area contributed by atoms with Crippen LogP contribution in [-0.2, 0) is 6.61 Å². The number of methoxy groups -OCH3 is 1. The van der Waals surface area contributed by atoms with Crippen molar-refractivity contribution in [2.24, 2.45) is 0 Å². The van der Waals surface area contributed by atoms with E-state index < -0.39 is 11.4 Å². The molecule has 0 atom stereocenters. The van der Waals surface area contributed by atoms with Gasteiger partial charge in [0.2, 0.25) is 0 Å². The van der Waals surface area contributed by atoms with Crippen molar-refractivity contribution >= 4 is 0 Å². The third-order valence-electron chi connectivity index (χ3n) is 4.50. The minimum absolute atomic E-state index is 0.194. The molecular weight excluding hydrogens is 396 g/mol. The summed E-state index contributed by atoms with van der Waals surface area (Å²) in [4.78, 5) is 19.3. The van der Waals surface area contributed by atoms with Crippen molar-refractivity contribution in [1.82, 2.24) is 9.97 Å². The van der Waals surface area contributed by atoms with E-state index in [4.69, 9.17) is 14.2 Å². The number of ether oxygens (including phenoxy) is 3. The minimum atomic E-state index is -0.621. The number of benzene rings is 3. The molecule has 0 saturated carbocycles. The quantitative estimate of drug-likeness (QED) is 0.460. The van der Waals surface area contributed by atoms with Gasteiger partial charge in [0.05, 0.1) is 7.11 Å². The number of nitrogens with one attached hydrogen (secondary N) is 1. The zero-order valence-corrected chi connectivity index (χ0v) is 16.7. The van der Waals surface area contributed by atoms with Gasteiger partial charge in [0.25, 0.3) is 17.2 Å². The zero-order chi connectivity index (χ0) is 21.6. The first-order valence-corrected chi connectivity index (χ1v) is 9.55. The second kappa shape index (κ2) is 9.04. The normalized spacial score (nSPS) is 10.5. The summed E-state index contributed by atoms with van der Waals surface area (Å²) in [6.45, 7) is 0.408. The molecule has 3 aromatic carbocycles. The van der Waals surface area contributed by atoms with Crippen molar-refractivity contribution in [3.8, 4) is 40.3 Å². The maximum atomic E-state index is 12.6. The summed E-state index contributed by atoms with van der Waals surface area (Å²) in [6.07, 6.45) is 0. The topological polar surface area (TPSA) is 93.7 Å². The van der Waals surface area contributed by atoms with Crippen LogP contribution in [0.3, 0.4) is 0 Å². The molecule has 156 valence electrons. The molecule has 0 radical (unpaired) electrons. The molecule has 4 aromatic rings. The lowest BCUT2D eigenvalue weighted by atomic mass is 10.2. The first-order chi connectivity index (χ1) is 15.1. The van der Waals surface area contributed by atoms with Gasteiger partial charge >= 0.3 is 0 Å². The molecule has 7 nitrogen and oxygen atoms in total. The SMILES string of the molecule is COc1ccccc1Oc1c(O)nc(-c2cccc(OCc3ccccc3)c2)[nH]c1=O. The molecule has 0 amide bonds. The van der Waals surface area contributed by atoms with Gasteiger partial charge in [-0.1, -0.05) is 54.6 Å². The lowest BCUT2D eigenvalue weighted by molar-refractivity contribution is 0.306. The predicted octanol–water partition coefficient (Wildman–Crippen LogP) is 4.52. The van der Waals surface area contributed by atoms with Crippen LogP contribution in [0.15, 0.2) is 83.7 Å². The third-order valence-corrected chi connectivity index (χ3v) is 4.50. The Morgan fingerprint density at radius 3 is 2.42 bits per heavy atom. The van der Waals surface area contributed by atoms with Crippen LogP contribution in [0.4, 0.5) is 0 Å². The fraction of sp³-hybridized carbons (Fsp3) is 0.0833. The van der Waals surface area contributed by atoms with Gasteiger partial charge < -0.3 is 24.3 Å².